The summed E-state index contributed by atoms with van der Waals surface area (Å²) in [6.07, 6.45) is 0. The van der Waals surface area contributed by atoms with Crippen LogP contribution in [0.25, 0.3) is 0 Å². The van der Waals surface area contributed by atoms with Crippen LogP contribution in [-0.4, -0.2) is 80.9 Å². The Balaban J connectivity index is -0.00000000214. The Morgan fingerprint density at radius 1 is 0.909 bits per heavy atom. The molecule has 10 nitrogen and oxygen atoms in total. The van der Waals surface area contributed by atoms with Gasteiger partial charge in [-0.3, -0.25) is 0 Å². The van der Waals surface area contributed by atoms with E-state index < -0.39 is 5.09 Å². The molecule has 0 aliphatic heterocycles. The zero-order valence-electron chi connectivity index (χ0n) is 4.71. The van der Waals surface area contributed by atoms with E-state index in [0.29, 0.717) is 0 Å². The molecule has 0 spiro atoms. The number of rotatable bonds is 0. The second kappa shape index (κ2) is 83.8. The van der Waals surface area contributed by atoms with Crippen molar-refractivity contribution in [2.24, 2.45) is 0 Å². The van der Waals surface area contributed by atoms with Gasteiger partial charge in [0.15, 0.2) is 0 Å². The van der Waals surface area contributed by atoms with Crippen LogP contribution in [-0.2, 0) is 0 Å². The van der Waals surface area contributed by atoms with Crippen molar-refractivity contribution >= 4 is 37.7 Å². The third kappa shape index (κ3) is 14300. The minimum absolute atomic E-state index is 0. The van der Waals surface area contributed by atoms with Gasteiger partial charge in [0.05, 0.1) is 0 Å². The topological polar surface area (TPSA) is 252 Å². The molecule has 0 rings (SSSR count). The molecule has 11 heteroatoms. The van der Waals surface area contributed by atoms with Gasteiger partial charge in [0, 0.05) is 0 Å². The fourth-order valence-corrected chi connectivity index (χ4v) is 0. The van der Waals surface area contributed by atoms with Crippen LogP contribution in [0, 0.1) is 10.1 Å². The number of nitrogens with zero attached hydrogens (tertiary/aromatic N) is 1. The van der Waals surface area contributed by atoms with E-state index in [9.17, 15) is 0 Å². The van der Waals surface area contributed by atoms with Crippen LogP contribution in [0.15, 0.2) is 0 Å². The summed E-state index contributed by atoms with van der Waals surface area (Å²) in [7, 11) is 0. The van der Waals surface area contributed by atoms with Crippen molar-refractivity contribution in [3.8, 4) is 0 Å². The first-order chi connectivity index (χ1) is 1.73. The Labute approximate surface area is 90.8 Å². The van der Waals surface area contributed by atoms with Gasteiger partial charge in [-0.2, -0.15) is 0 Å². The van der Waals surface area contributed by atoms with Crippen LogP contribution in [0.1, 0.15) is 0 Å². The summed E-state index contributed by atoms with van der Waals surface area (Å²) in [5, 5.41) is 13.6. The minimum atomic E-state index is -1.50. The Morgan fingerprint density at radius 2 is 0.909 bits per heavy atom. The number of hydrogen-bond acceptors (Lipinski definition) is 2. The fourth-order valence-electron chi connectivity index (χ4n) is 0. The summed E-state index contributed by atoms with van der Waals surface area (Å²) in [6, 6.07) is 0. The van der Waals surface area contributed by atoms with Gasteiger partial charge in [0.1, 0.15) is 0 Å². The first-order valence-corrected chi connectivity index (χ1v) is 0.565. The molecule has 0 saturated carbocycles. The average Bonchev–Trinajstić information content (AvgIpc) is 0.811. The third-order valence-electron chi connectivity index (χ3n) is 0. The van der Waals surface area contributed by atoms with E-state index in [0.717, 1.165) is 0 Å². The van der Waals surface area contributed by atoms with Gasteiger partial charge in [-0.1, -0.05) is 0 Å². The molecule has 11 heavy (non-hydrogen) atoms. The molecular formula is H15CaNO9. The molecule has 0 unspecified atom stereocenters. The van der Waals surface area contributed by atoms with E-state index in [1.807, 2.05) is 0 Å². The standard InChI is InChI=1S/Ca.HNO3.6H2O.2H/c;2-1(3)4;;;;;;;;/h;(H,2,3,4);6*1H2;;. The van der Waals surface area contributed by atoms with Crippen molar-refractivity contribution < 1.29 is 43.2 Å². The fraction of sp³-hybridized carbons (Fsp3) is 0. The molecule has 0 aromatic heterocycles. The Kier molecular flexibility index (Phi) is 861. The van der Waals surface area contributed by atoms with Crippen LogP contribution in [0.5, 0.6) is 0 Å². The van der Waals surface area contributed by atoms with Crippen molar-refractivity contribution in [1.82, 2.24) is 0 Å². The second-order valence-corrected chi connectivity index (χ2v) is 0.238. The predicted molar refractivity (Wildman–Crippen MR) is 39.0 cm³/mol. The molecule has 0 bridgehead atoms. The van der Waals surface area contributed by atoms with Gasteiger partial charge in [-0.15, -0.1) is 10.1 Å². The maximum absolute atomic E-state index is 8.36. The first kappa shape index (κ1) is 113. The summed E-state index contributed by atoms with van der Waals surface area (Å²) < 4.78 is 0. The van der Waals surface area contributed by atoms with Crippen molar-refractivity contribution in [3.63, 3.8) is 0 Å². The third-order valence-corrected chi connectivity index (χ3v) is 0. The molecule has 0 aliphatic rings. The Bertz CT molecular complexity index is 32.5. The van der Waals surface area contributed by atoms with Crippen LogP contribution in [0.4, 0.5) is 0 Å². The monoisotopic (exact) mass is 213 g/mol. The van der Waals surface area contributed by atoms with Gasteiger partial charge in [-0.05, 0) is 0 Å². The molecular weight excluding hydrogens is 198 g/mol. The predicted octanol–water partition coefficient (Wildman–Crippen LogP) is -6.21. The zero-order chi connectivity index (χ0) is 3.58. The summed E-state index contributed by atoms with van der Waals surface area (Å²) in [5.74, 6) is 0. The normalized spacial score (nSPS) is 2.18. The van der Waals surface area contributed by atoms with Gasteiger partial charge in [-0.25, -0.2) is 0 Å². The van der Waals surface area contributed by atoms with E-state index in [-0.39, 0.29) is 70.6 Å². The number of hydrogen-bond donors (Lipinski definition) is 1. The molecule has 0 aromatic carbocycles. The maximum atomic E-state index is 8.36. The van der Waals surface area contributed by atoms with Crippen molar-refractivity contribution in [2.75, 3.05) is 0 Å². The van der Waals surface area contributed by atoms with Crippen LogP contribution in [0.3, 0.4) is 0 Å². The van der Waals surface area contributed by atoms with Crippen LogP contribution >= 0.6 is 0 Å². The summed E-state index contributed by atoms with van der Waals surface area (Å²) in [6.45, 7) is 0. The Hall–Kier alpha value is 0.220. The van der Waals surface area contributed by atoms with Crippen molar-refractivity contribution in [3.05, 3.63) is 10.1 Å². The molecule has 0 amide bonds. The van der Waals surface area contributed by atoms with Crippen molar-refractivity contribution in [1.29, 1.82) is 0 Å². The molecule has 0 saturated heterocycles. The molecule has 0 radical (unpaired) electrons. The SMILES string of the molecule is O.O.O.O.O.O.O=[N+]([O-])O.[CaH2]. The molecule has 0 aromatic rings. The summed E-state index contributed by atoms with van der Waals surface area (Å²) in [4.78, 5) is 8.36. The molecule has 76 valence electrons. The Morgan fingerprint density at radius 3 is 0.909 bits per heavy atom. The summed E-state index contributed by atoms with van der Waals surface area (Å²) >= 11 is 0. The second-order valence-electron chi connectivity index (χ2n) is 0.238. The molecule has 0 atom stereocenters. The molecule has 0 aliphatic carbocycles. The van der Waals surface area contributed by atoms with E-state index in [4.69, 9.17) is 15.3 Å². The van der Waals surface area contributed by atoms with E-state index in [2.05, 4.69) is 0 Å². The van der Waals surface area contributed by atoms with Crippen LogP contribution < -0.4 is 0 Å². The first-order valence-electron chi connectivity index (χ1n) is 0.565. The molecule has 13 N–H and O–H groups in total. The van der Waals surface area contributed by atoms with E-state index in [1.54, 1.807) is 0 Å². The quantitative estimate of drug-likeness (QED) is 0.234. The molecule has 0 heterocycles. The van der Waals surface area contributed by atoms with Crippen molar-refractivity contribution in [2.45, 2.75) is 0 Å². The van der Waals surface area contributed by atoms with E-state index in [1.165, 1.54) is 0 Å². The van der Waals surface area contributed by atoms with Gasteiger partial charge >= 0.3 is 37.7 Å². The van der Waals surface area contributed by atoms with Gasteiger partial charge < -0.3 is 38.1 Å². The summed E-state index contributed by atoms with van der Waals surface area (Å²) in [5.41, 5.74) is 0. The average molecular weight is 213 g/mol. The van der Waals surface area contributed by atoms with Gasteiger partial charge in [0.25, 0.3) is 5.09 Å². The van der Waals surface area contributed by atoms with E-state index >= 15 is 0 Å². The van der Waals surface area contributed by atoms with Crippen LogP contribution in [0.2, 0.25) is 0 Å². The zero-order valence-corrected chi connectivity index (χ0v) is 4.71. The molecule has 0 fully saturated rings. The van der Waals surface area contributed by atoms with Gasteiger partial charge in [0.2, 0.25) is 0 Å².